The number of methoxy groups -OCH3 is 1. The van der Waals surface area contributed by atoms with Crippen LogP contribution in [-0.4, -0.2) is 43.5 Å². The minimum Gasteiger partial charge on any atom is -0.496 e. The molecule has 1 aliphatic rings. The van der Waals surface area contributed by atoms with Crippen LogP contribution in [0.4, 0.5) is 0 Å². The third-order valence-corrected chi connectivity index (χ3v) is 4.64. The number of carbonyl (C=O) groups is 2. The van der Waals surface area contributed by atoms with Gasteiger partial charge in [0.2, 0.25) is 5.91 Å². The molecule has 26 heavy (non-hydrogen) atoms. The van der Waals surface area contributed by atoms with Gasteiger partial charge in [-0.05, 0) is 24.3 Å². The molecule has 0 spiro atoms. The largest absolute Gasteiger partial charge is 0.496 e. The monoisotopic (exact) mass is 354 g/mol. The minimum absolute atomic E-state index is 0.147. The number of amides is 2. The average Bonchev–Trinajstić information content (AvgIpc) is 3.11. The Hall–Kier alpha value is -3.02. The van der Waals surface area contributed by atoms with E-state index in [1.54, 1.807) is 23.1 Å². The van der Waals surface area contributed by atoms with E-state index < -0.39 is 11.8 Å². The Morgan fingerprint density at radius 1 is 1.08 bits per heavy atom. The summed E-state index contributed by atoms with van der Waals surface area (Å²) in [5.74, 6) is 0.0731. The van der Waals surface area contributed by atoms with E-state index in [-0.39, 0.29) is 18.4 Å². The summed E-state index contributed by atoms with van der Waals surface area (Å²) in [7, 11) is 1.53. The highest BCUT2D eigenvalue weighted by molar-refractivity contribution is 5.97. The fourth-order valence-corrected chi connectivity index (χ4v) is 3.24. The zero-order chi connectivity index (χ0) is 18.5. The number of nitrogens with zero attached hydrogens (tertiary/aromatic N) is 1. The molecule has 1 heterocycles. The molecule has 136 valence electrons. The van der Waals surface area contributed by atoms with Crippen molar-refractivity contribution in [3.8, 4) is 11.5 Å². The van der Waals surface area contributed by atoms with E-state index in [1.165, 1.54) is 7.11 Å². The van der Waals surface area contributed by atoms with Crippen molar-refractivity contribution in [1.82, 2.24) is 4.90 Å². The molecule has 1 fully saturated rings. The normalized spacial score (nSPS) is 19.2. The Morgan fingerprint density at radius 3 is 2.46 bits per heavy atom. The molecule has 2 aromatic carbocycles. The maximum absolute atomic E-state index is 12.9. The van der Waals surface area contributed by atoms with Crippen LogP contribution in [0.1, 0.15) is 10.4 Å². The summed E-state index contributed by atoms with van der Waals surface area (Å²) in [6.07, 6.45) is 0. The predicted molar refractivity (Wildman–Crippen MR) is 97.0 cm³/mol. The summed E-state index contributed by atoms with van der Waals surface area (Å²) >= 11 is 0. The number of rotatable bonds is 6. The Bertz CT molecular complexity index is 778. The van der Waals surface area contributed by atoms with Crippen LogP contribution in [0.2, 0.25) is 0 Å². The molecule has 0 aromatic heterocycles. The maximum Gasteiger partial charge on any atom is 0.257 e. The number of primary amides is 1. The number of likely N-dealkylation sites (tertiary alicyclic amines) is 1. The number of benzene rings is 2. The van der Waals surface area contributed by atoms with E-state index >= 15 is 0 Å². The van der Waals surface area contributed by atoms with Crippen molar-refractivity contribution in [2.45, 2.75) is 0 Å². The molecule has 2 atom stereocenters. The van der Waals surface area contributed by atoms with Gasteiger partial charge in [0, 0.05) is 19.0 Å². The molecule has 1 saturated heterocycles. The lowest BCUT2D eigenvalue weighted by molar-refractivity contribution is -0.122. The van der Waals surface area contributed by atoms with Crippen molar-refractivity contribution < 1.29 is 19.1 Å². The van der Waals surface area contributed by atoms with Crippen molar-refractivity contribution in [2.24, 2.45) is 17.6 Å². The van der Waals surface area contributed by atoms with Gasteiger partial charge in [-0.2, -0.15) is 0 Å². The van der Waals surface area contributed by atoms with Gasteiger partial charge in [0.05, 0.1) is 25.2 Å². The lowest BCUT2D eigenvalue weighted by Crippen LogP contribution is -2.33. The lowest BCUT2D eigenvalue weighted by atomic mass is 9.96. The van der Waals surface area contributed by atoms with Crippen LogP contribution in [0.15, 0.2) is 54.6 Å². The second-order valence-corrected chi connectivity index (χ2v) is 6.30. The van der Waals surface area contributed by atoms with Gasteiger partial charge in [-0.3, -0.25) is 9.59 Å². The average molecular weight is 354 g/mol. The van der Waals surface area contributed by atoms with Crippen molar-refractivity contribution >= 4 is 11.8 Å². The molecule has 6 heteroatoms. The van der Waals surface area contributed by atoms with Gasteiger partial charge in [0.25, 0.3) is 5.91 Å². The highest BCUT2D eigenvalue weighted by Crippen LogP contribution is 2.28. The van der Waals surface area contributed by atoms with Crippen LogP contribution < -0.4 is 15.2 Å². The third kappa shape index (κ3) is 3.79. The fraction of sp³-hybridized carbons (Fsp3) is 0.300. The van der Waals surface area contributed by atoms with Gasteiger partial charge in [-0.15, -0.1) is 0 Å². The zero-order valence-corrected chi connectivity index (χ0v) is 14.6. The highest BCUT2D eigenvalue weighted by Gasteiger charge is 2.39. The standard InChI is InChI=1S/C20H22N2O4/c1-25-18-10-6-5-9-16(18)20(24)22-11-14(17(12-22)19(21)23)13-26-15-7-3-2-4-8-15/h2-10,14,17H,11-13H2,1H3,(H2,21,23)/t14-,17+/m0/s1. The second kappa shape index (κ2) is 7.91. The van der Waals surface area contributed by atoms with Gasteiger partial charge >= 0.3 is 0 Å². The van der Waals surface area contributed by atoms with Crippen LogP contribution in [-0.2, 0) is 4.79 Å². The first-order chi connectivity index (χ1) is 12.6. The van der Waals surface area contributed by atoms with Gasteiger partial charge < -0.3 is 20.1 Å². The lowest BCUT2D eigenvalue weighted by Gasteiger charge is -2.18. The number of carbonyl (C=O) groups excluding carboxylic acids is 2. The highest BCUT2D eigenvalue weighted by atomic mass is 16.5. The summed E-state index contributed by atoms with van der Waals surface area (Å²) in [5.41, 5.74) is 6.03. The summed E-state index contributed by atoms with van der Waals surface area (Å²) in [5, 5.41) is 0. The van der Waals surface area contributed by atoms with Gasteiger partial charge in [0.1, 0.15) is 11.5 Å². The fourth-order valence-electron chi connectivity index (χ4n) is 3.24. The molecule has 0 radical (unpaired) electrons. The number of para-hydroxylation sites is 2. The molecule has 0 aliphatic carbocycles. The van der Waals surface area contributed by atoms with E-state index in [1.807, 2.05) is 36.4 Å². The molecule has 2 aromatic rings. The number of hydrogen-bond acceptors (Lipinski definition) is 4. The zero-order valence-electron chi connectivity index (χ0n) is 14.6. The Labute approximate surface area is 152 Å². The molecular weight excluding hydrogens is 332 g/mol. The second-order valence-electron chi connectivity index (χ2n) is 6.30. The molecule has 3 rings (SSSR count). The number of hydrogen-bond donors (Lipinski definition) is 1. The van der Waals surface area contributed by atoms with Crippen molar-refractivity contribution in [3.63, 3.8) is 0 Å². The molecule has 6 nitrogen and oxygen atoms in total. The Balaban J connectivity index is 1.72. The first-order valence-electron chi connectivity index (χ1n) is 8.49. The molecule has 0 bridgehead atoms. The number of ether oxygens (including phenoxy) is 2. The predicted octanol–water partition coefficient (Wildman–Crippen LogP) is 1.95. The van der Waals surface area contributed by atoms with E-state index in [0.29, 0.717) is 24.5 Å². The summed E-state index contributed by atoms with van der Waals surface area (Å²) in [4.78, 5) is 26.4. The quantitative estimate of drug-likeness (QED) is 0.860. The van der Waals surface area contributed by atoms with Gasteiger partial charge in [0.15, 0.2) is 0 Å². The van der Waals surface area contributed by atoms with Crippen LogP contribution >= 0.6 is 0 Å². The van der Waals surface area contributed by atoms with Crippen molar-refractivity contribution in [2.75, 3.05) is 26.8 Å². The van der Waals surface area contributed by atoms with E-state index in [4.69, 9.17) is 15.2 Å². The van der Waals surface area contributed by atoms with E-state index in [2.05, 4.69) is 0 Å². The molecule has 1 aliphatic heterocycles. The summed E-state index contributed by atoms with van der Waals surface area (Å²) in [6.45, 7) is 1.03. The van der Waals surface area contributed by atoms with E-state index in [9.17, 15) is 9.59 Å². The summed E-state index contributed by atoms with van der Waals surface area (Å²) in [6, 6.07) is 16.4. The van der Waals surface area contributed by atoms with Crippen LogP contribution in [0.25, 0.3) is 0 Å². The molecule has 2 amide bonds. The molecule has 0 unspecified atom stereocenters. The van der Waals surface area contributed by atoms with Crippen LogP contribution in [0.5, 0.6) is 11.5 Å². The summed E-state index contributed by atoms with van der Waals surface area (Å²) < 4.78 is 11.0. The van der Waals surface area contributed by atoms with E-state index in [0.717, 1.165) is 5.75 Å². The smallest absolute Gasteiger partial charge is 0.257 e. The third-order valence-electron chi connectivity index (χ3n) is 4.64. The van der Waals surface area contributed by atoms with Gasteiger partial charge in [-0.25, -0.2) is 0 Å². The topological polar surface area (TPSA) is 81.9 Å². The molecule has 0 saturated carbocycles. The Morgan fingerprint density at radius 2 is 1.77 bits per heavy atom. The minimum atomic E-state index is -0.433. The Kier molecular flexibility index (Phi) is 5.41. The van der Waals surface area contributed by atoms with Crippen LogP contribution in [0, 0.1) is 11.8 Å². The SMILES string of the molecule is COc1ccccc1C(=O)N1C[C@@H](COc2ccccc2)[C@H](C(N)=O)C1. The van der Waals surface area contributed by atoms with Crippen molar-refractivity contribution in [1.29, 1.82) is 0 Å². The molecular formula is C20H22N2O4. The van der Waals surface area contributed by atoms with Crippen LogP contribution in [0.3, 0.4) is 0 Å². The van der Waals surface area contributed by atoms with Crippen molar-refractivity contribution in [3.05, 3.63) is 60.2 Å². The van der Waals surface area contributed by atoms with Gasteiger partial charge in [-0.1, -0.05) is 30.3 Å². The number of nitrogens with two attached hydrogens (primary N) is 1. The molecule has 2 N–H and O–H groups in total. The maximum atomic E-state index is 12.9. The first-order valence-corrected chi connectivity index (χ1v) is 8.49. The first kappa shape index (κ1) is 17.8.